The first-order chi connectivity index (χ1) is 13.5. The second-order valence-electron chi connectivity index (χ2n) is 6.07. The Labute approximate surface area is 161 Å². The van der Waals surface area contributed by atoms with Crippen molar-refractivity contribution in [1.29, 1.82) is 0 Å². The molecule has 0 saturated carbocycles. The summed E-state index contributed by atoms with van der Waals surface area (Å²) in [7, 11) is 1.42. The smallest absolute Gasteiger partial charge is 0.418 e. The Morgan fingerprint density at radius 3 is 2.39 bits per heavy atom. The van der Waals surface area contributed by atoms with Crippen molar-refractivity contribution in [3.05, 3.63) is 83.3 Å². The summed E-state index contributed by atoms with van der Waals surface area (Å²) in [6.07, 6.45) is 0. The highest BCUT2D eigenvalue weighted by Crippen LogP contribution is 2.32. The minimum absolute atomic E-state index is 0.120. The van der Waals surface area contributed by atoms with Gasteiger partial charge in [0, 0.05) is 12.7 Å². The van der Waals surface area contributed by atoms with Gasteiger partial charge in [-0.3, -0.25) is 0 Å². The Kier molecular flexibility index (Phi) is 5.86. The van der Waals surface area contributed by atoms with Crippen LogP contribution in [0.4, 0.5) is 0 Å². The molecular weight excluding hydrogens is 362 g/mol. The van der Waals surface area contributed by atoms with Crippen LogP contribution >= 0.6 is 0 Å². The van der Waals surface area contributed by atoms with Crippen LogP contribution in [0.2, 0.25) is 0 Å². The van der Waals surface area contributed by atoms with Crippen LogP contribution in [0, 0.1) is 4.91 Å². The van der Waals surface area contributed by atoms with E-state index in [1.807, 2.05) is 36.4 Å². The van der Waals surface area contributed by atoms with Crippen molar-refractivity contribution in [2.24, 2.45) is 0 Å². The monoisotopic (exact) mass is 382 g/mol. The molecule has 0 bridgehead atoms. The second-order valence-corrected chi connectivity index (χ2v) is 6.07. The number of hydrogen-bond acceptors (Lipinski definition) is 6. The minimum Gasteiger partial charge on any atom is -0.418 e. The molecule has 1 atom stereocenters. The van der Waals surface area contributed by atoms with Gasteiger partial charge in [-0.2, -0.15) is 0 Å². The average molecular weight is 382 g/mol. The van der Waals surface area contributed by atoms with Crippen LogP contribution in [0.1, 0.15) is 12.5 Å². The molecule has 144 valence electrons. The molecule has 0 aliphatic heterocycles. The molecule has 3 aromatic carbocycles. The molecule has 3 aromatic rings. The largest absolute Gasteiger partial charge is 0.486 e. The summed E-state index contributed by atoms with van der Waals surface area (Å²) in [5.41, 5.74) is -0.726. The summed E-state index contributed by atoms with van der Waals surface area (Å²) in [6, 6.07) is 21.6. The fourth-order valence-corrected chi connectivity index (χ4v) is 2.80. The van der Waals surface area contributed by atoms with E-state index in [0.29, 0.717) is 11.3 Å². The lowest BCUT2D eigenvalue weighted by Gasteiger charge is -2.27. The van der Waals surface area contributed by atoms with Crippen molar-refractivity contribution < 1.29 is 29.0 Å². The van der Waals surface area contributed by atoms with Gasteiger partial charge in [0.15, 0.2) is 5.60 Å². The van der Waals surface area contributed by atoms with Gasteiger partial charge < -0.3 is 9.47 Å². The topological polar surface area (TPSA) is 74.1 Å². The first-order valence-corrected chi connectivity index (χ1v) is 8.58. The van der Waals surface area contributed by atoms with E-state index in [1.165, 1.54) is 7.11 Å². The van der Waals surface area contributed by atoms with Gasteiger partial charge in [0.1, 0.15) is 4.91 Å². The Balaban J connectivity index is 1.67. The first kappa shape index (κ1) is 19.3. The SMILES string of the molecule is COC(C)(C(=O)OCO[N+](=O)Oc1ccccc1)c1cccc2ccccc12. The highest BCUT2D eigenvalue weighted by atomic mass is 17.0. The van der Waals surface area contributed by atoms with E-state index < -0.39 is 18.4 Å². The zero-order chi connectivity index (χ0) is 20.0. The van der Waals surface area contributed by atoms with Crippen LogP contribution in [-0.2, 0) is 24.7 Å². The van der Waals surface area contributed by atoms with E-state index >= 15 is 0 Å². The summed E-state index contributed by atoms with van der Waals surface area (Å²) < 4.78 is 10.6. The molecule has 0 heterocycles. The number of rotatable bonds is 8. The summed E-state index contributed by atoms with van der Waals surface area (Å²) in [6.45, 7) is 0.978. The van der Waals surface area contributed by atoms with Gasteiger partial charge in [0.25, 0.3) is 0 Å². The maximum Gasteiger partial charge on any atom is 0.486 e. The number of benzene rings is 3. The molecule has 0 aliphatic rings. The molecule has 28 heavy (non-hydrogen) atoms. The van der Waals surface area contributed by atoms with Gasteiger partial charge >= 0.3 is 17.8 Å². The third-order valence-electron chi connectivity index (χ3n) is 4.37. The predicted molar refractivity (Wildman–Crippen MR) is 101 cm³/mol. The number of para-hydroxylation sites is 1. The number of hydrogen-bond donors (Lipinski definition) is 0. The molecular formula is C21H20NO6+. The van der Waals surface area contributed by atoms with Gasteiger partial charge in [0.2, 0.25) is 5.75 Å². The fraction of sp³-hybridized carbons (Fsp3) is 0.190. The van der Waals surface area contributed by atoms with Gasteiger partial charge in [-0.25, -0.2) is 4.79 Å². The predicted octanol–water partition coefficient (Wildman–Crippen LogP) is 3.91. The summed E-state index contributed by atoms with van der Waals surface area (Å²) >= 11 is 0. The maximum atomic E-state index is 12.7. The van der Waals surface area contributed by atoms with Gasteiger partial charge in [-0.1, -0.05) is 60.7 Å². The van der Waals surface area contributed by atoms with Crippen molar-refractivity contribution in [3.63, 3.8) is 0 Å². The Morgan fingerprint density at radius 2 is 1.64 bits per heavy atom. The van der Waals surface area contributed by atoms with Gasteiger partial charge in [-0.05, 0) is 29.8 Å². The molecule has 1 unspecified atom stereocenters. The number of carbonyl (C=O) groups is 1. The maximum absolute atomic E-state index is 12.7. The van der Waals surface area contributed by atoms with Crippen LogP contribution in [0.25, 0.3) is 10.8 Å². The number of methoxy groups -OCH3 is 1. The molecule has 0 N–H and O–H groups in total. The standard InChI is InChI=1S/C21H20NO6/c1-21(25-2,19-14-8-10-16-9-6-7-13-18(16)19)20(23)26-15-27-22(24)28-17-11-4-3-5-12-17/h3-14H,15H2,1-2H3/q+1. The highest BCUT2D eigenvalue weighted by molar-refractivity contribution is 5.92. The zero-order valence-corrected chi connectivity index (χ0v) is 15.5. The molecule has 0 spiro atoms. The molecule has 0 amide bonds. The Hall–Kier alpha value is -3.45. The van der Waals surface area contributed by atoms with E-state index in [0.717, 1.165) is 10.8 Å². The zero-order valence-electron chi connectivity index (χ0n) is 15.5. The number of esters is 1. The third-order valence-corrected chi connectivity index (χ3v) is 4.37. The molecule has 0 saturated heterocycles. The number of ether oxygens (including phenoxy) is 2. The lowest BCUT2D eigenvalue weighted by molar-refractivity contribution is -0.956. The Morgan fingerprint density at radius 1 is 0.964 bits per heavy atom. The molecule has 0 radical (unpaired) electrons. The quantitative estimate of drug-likeness (QED) is 0.334. The van der Waals surface area contributed by atoms with Crippen LogP contribution in [-0.4, -0.2) is 25.0 Å². The van der Waals surface area contributed by atoms with Gasteiger partial charge in [-0.15, -0.1) is 9.68 Å². The third kappa shape index (κ3) is 4.10. The summed E-state index contributed by atoms with van der Waals surface area (Å²) in [4.78, 5) is 33.9. The van der Waals surface area contributed by atoms with E-state index in [1.54, 1.807) is 43.3 Å². The lowest BCUT2D eigenvalue weighted by atomic mass is 9.90. The highest BCUT2D eigenvalue weighted by Gasteiger charge is 2.39. The van der Waals surface area contributed by atoms with E-state index in [2.05, 4.69) is 0 Å². The van der Waals surface area contributed by atoms with E-state index in [-0.39, 0.29) is 5.09 Å². The van der Waals surface area contributed by atoms with E-state index in [9.17, 15) is 9.70 Å². The van der Waals surface area contributed by atoms with Crippen molar-refractivity contribution in [2.75, 3.05) is 13.9 Å². The molecule has 0 aromatic heterocycles. The van der Waals surface area contributed by atoms with Gasteiger partial charge in [0.05, 0.1) is 0 Å². The normalized spacial score (nSPS) is 12.8. The fourth-order valence-electron chi connectivity index (χ4n) is 2.80. The molecule has 0 aliphatic carbocycles. The Bertz CT molecular complexity index is 970. The van der Waals surface area contributed by atoms with Crippen LogP contribution in [0.5, 0.6) is 5.75 Å². The van der Waals surface area contributed by atoms with Crippen molar-refractivity contribution >= 4 is 16.7 Å². The summed E-state index contributed by atoms with van der Waals surface area (Å²) in [5.74, 6) is -0.402. The van der Waals surface area contributed by atoms with Crippen molar-refractivity contribution in [2.45, 2.75) is 12.5 Å². The minimum atomic E-state index is -1.38. The van der Waals surface area contributed by atoms with Crippen LogP contribution < -0.4 is 4.84 Å². The van der Waals surface area contributed by atoms with Crippen molar-refractivity contribution in [1.82, 2.24) is 0 Å². The number of fused-ring (bicyclic) bond motifs is 1. The molecule has 3 rings (SSSR count). The lowest BCUT2D eigenvalue weighted by Crippen LogP contribution is -2.37. The average Bonchev–Trinajstić information content (AvgIpc) is 2.73. The van der Waals surface area contributed by atoms with Crippen LogP contribution in [0.3, 0.4) is 0 Å². The van der Waals surface area contributed by atoms with Crippen LogP contribution in [0.15, 0.2) is 72.8 Å². The van der Waals surface area contributed by atoms with E-state index in [4.69, 9.17) is 19.1 Å². The molecule has 7 heteroatoms. The number of nitrogens with zero attached hydrogens (tertiary/aromatic N) is 1. The molecule has 0 fully saturated rings. The number of carbonyl (C=O) groups excluding carboxylic acids is 1. The molecule has 7 nitrogen and oxygen atoms in total. The van der Waals surface area contributed by atoms with Crippen molar-refractivity contribution in [3.8, 4) is 5.75 Å². The second kappa shape index (κ2) is 8.49. The first-order valence-electron chi connectivity index (χ1n) is 8.58. The summed E-state index contributed by atoms with van der Waals surface area (Å²) in [5, 5.41) is 1.71.